The van der Waals surface area contributed by atoms with Gasteiger partial charge in [-0.1, -0.05) is 74.0 Å². The molecule has 0 fully saturated rings. The molecule has 0 saturated carbocycles. The minimum atomic E-state index is -0.461. The number of hydrogen-bond acceptors (Lipinski definition) is 4. The average Bonchev–Trinajstić information content (AvgIpc) is 2.66. The summed E-state index contributed by atoms with van der Waals surface area (Å²) in [6.07, 6.45) is 1.46. The van der Waals surface area contributed by atoms with E-state index in [2.05, 4.69) is 0 Å². The topological polar surface area (TPSA) is 52.6 Å². The highest BCUT2D eigenvalue weighted by Crippen LogP contribution is 2.16. The minimum absolute atomic E-state index is 0.0499. The largest absolute Gasteiger partial charge is 0.461 e. The van der Waals surface area contributed by atoms with Gasteiger partial charge < -0.3 is 9.47 Å². The molecule has 4 nitrogen and oxygen atoms in total. The Balaban J connectivity index is 1.81. The van der Waals surface area contributed by atoms with Crippen molar-refractivity contribution in [1.82, 2.24) is 0 Å². The van der Waals surface area contributed by atoms with Crippen molar-refractivity contribution in [1.29, 1.82) is 0 Å². The summed E-state index contributed by atoms with van der Waals surface area (Å²) < 4.78 is 10.6. The van der Waals surface area contributed by atoms with Gasteiger partial charge in [-0.15, -0.1) is 0 Å². The molecule has 1 atom stereocenters. The lowest BCUT2D eigenvalue weighted by atomic mass is 10.00. The molecule has 0 N–H and O–H groups in total. The lowest BCUT2D eigenvalue weighted by Crippen LogP contribution is -2.22. The molecule has 132 valence electrons. The maximum absolute atomic E-state index is 12.3. The Morgan fingerprint density at radius 2 is 1.36 bits per heavy atom. The molecule has 0 spiro atoms. The van der Waals surface area contributed by atoms with Crippen LogP contribution in [0.4, 0.5) is 0 Å². The molecule has 0 radical (unpaired) electrons. The molecule has 0 bridgehead atoms. The number of carbonyl (C=O) groups is 2. The number of carbonyl (C=O) groups excluding carboxylic acids is 2. The number of ether oxygens (including phenoxy) is 2. The molecule has 2 rings (SSSR count). The van der Waals surface area contributed by atoms with E-state index in [4.69, 9.17) is 9.47 Å². The van der Waals surface area contributed by atoms with Crippen LogP contribution in [0.2, 0.25) is 0 Å². The van der Waals surface area contributed by atoms with Gasteiger partial charge in [0.1, 0.15) is 13.2 Å². The van der Waals surface area contributed by atoms with Crippen LogP contribution in [0.25, 0.3) is 0 Å². The summed E-state index contributed by atoms with van der Waals surface area (Å²) in [6, 6.07) is 19.0. The van der Waals surface area contributed by atoms with E-state index in [0.29, 0.717) is 6.42 Å². The molecule has 2 aromatic rings. The maximum Gasteiger partial charge on any atom is 0.309 e. The first-order valence-corrected chi connectivity index (χ1v) is 8.59. The fourth-order valence-corrected chi connectivity index (χ4v) is 2.50. The van der Waals surface area contributed by atoms with Crippen molar-refractivity contribution < 1.29 is 19.1 Å². The van der Waals surface area contributed by atoms with Crippen molar-refractivity contribution >= 4 is 11.9 Å². The zero-order valence-corrected chi connectivity index (χ0v) is 14.5. The lowest BCUT2D eigenvalue weighted by molar-refractivity contribution is -0.157. The predicted octanol–water partition coefficient (Wildman–Crippen LogP) is 4.28. The molecule has 1 unspecified atom stereocenters. The SMILES string of the molecule is CCCC(CC(=O)OCc1ccccc1)C(=O)OCc1ccccc1. The highest BCUT2D eigenvalue weighted by molar-refractivity contribution is 5.80. The van der Waals surface area contributed by atoms with Crippen LogP contribution in [0.1, 0.15) is 37.3 Å². The van der Waals surface area contributed by atoms with Gasteiger partial charge in [-0.25, -0.2) is 0 Å². The van der Waals surface area contributed by atoms with E-state index >= 15 is 0 Å². The van der Waals surface area contributed by atoms with Crippen LogP contribution in [0.5, 0.6) is 0 Å². The van der Waals surface area contributed by atoms with Gasteiger partial charge in [0, 0.05) is 0 Å². The van der Waals surface area contributed by atoms with Crippen molar-refractivity contribution in [3.05, 3.63) is 71.8 Å². The number of hydrogen-bond donors (Lipinski definition) is 0. The van der Waals surface area contributed by atoms with Crippen LogP contribution in [0.3, 0.4) is 0 Å². The molecular formula is C21H24O4. The van der Waals surface area contributed by atoms with E-state index in [1.54, 1.807) is 0 Å². The molecule has 0 aliphatic rings. The molecule has 4 heteroatoms. The first kappa shape index (κ1) is 18.7. The van der Waals surface area contributed by atoms with Crippen molar-refractivity contribution in [3.8, 4) is 0 Å². The van der Waals surface area contributed by atoms with Gasteiger partial charge in [-0.2, -0.15) is 0 Å². The average molecular weight is 340 g/mol. The molecular weight excluding hydrogens is 316 g/mol. The van der Waals surface area contributed by atoms with E-state index in [0.717, 1.165) is 17.5 Å². The second-order valence-electron chi connectivity index (χ2n) is 5.93. The van der Waals surface area contributed by atoms with E-state index in [1.807, 2.05) is 67.6 Å². The molecule has 2 aromatic carbocycles. The lowest BCUT2D eigenvalue weighted by Gasteiger charge is -2.15. The third-order valence-electron chi connectivity index (χ3n) is 3.85. The summed E-state index contributed by atoms with van der Waals surface area (Å²) in [5.74, 6) is -1.18. The fraction of sp³-hybridized carbons (Fsp3) is 0.333. The second-order valence-corrected chi connectivity index (χ2v) is 5.93. The van der Waals surface area contributed by atoms with Gasteiger partial charge in [-0.05, 0) is 17.5 Å². The Bertz CT molecular complexity index is 652. The molecule has 0 heterocycles. The summed E-state index contributed by atoms with van der Waals surface area (Å²) >= 11 is 0. The van der Waals surface area contributed by atoms with Crippen LogP contribution >= 0.6 is 0 Å². The molecule has 0 aliphatic carbocycles. The summed E-state index contributed by atoms with van der Waals surface area (Å²) in [5, 5.41) is 0. The quantitative estimate of drug-likeness (QED) is 0.639. The third-order valence-corrected chi connectivity index (χ3v) is 3.85. The number of rotatable bonds is 9. The normalized spacial score (nSPS) is 11.6. The van der Waals surface area contributed by atoms with Gasteiger partial charge in [0.15, 0.2) is 0 Å². The summed E-state index contributed by atoms with van der Waals surface area (Å²) in [7, 11) is 0. The summed E-state index contributed by atoms with van der Waals surface area (Å²) in [5.41, 5.74) is 1.85. The highest BCUT2D eigenvalue weighted by atomic mass is 16.5. The molecule has 0 amide bonds. The van der Waals surface area contributed by atoms with E-state index < -0.39 is 5.92 Å². The Morgan fingerprint density at radius 1 is 0.840 bits per heavy atom. The number of esters is 2. The van der Waals surface area contributed by atoms with E-state index in [9.17, 15) is 9.59 Å². The first-order valence-electron chi connectivity index (χ1n) is 8.59. The Morgan fingerprint density at radius 3 is 1.88 bits per heavy atom. The van der Waals surface area contributed by atoms with Crippen LogP contribution in [0, 0.1) is 5.92 Å². The summed E-state index contributed by atoms with van der Waals surface area (Å²) in [4.78, 5) is 24.3. The smallest absolute Gasteiger partial charge is 0.309 e. The van der Waals surface area contributed by atoms with Gasteiger partial charge in [0.2, 0.25) is 0 Å². The zero-order valence-electron chi connectivity index (χ0n) is 14.5. The zero-order chi connectivity index (χ0) is 17.9. The van der Waals surface area contributed by atoms with Crippen LogP contribution in [-0.4, -0.2) is 11.9 Å². The number of benzene rings is 2. The molecule has 0 aromatic heterocycles. The van der Waals surface area contributed by atoms with E-state index in [1.165, 1.54) is 0 Å². The highest BCUT2D eigenvalue weighted by Gasteiger charge is 2.23. The van der Waals surface area contributed by atoms with E-state index in [-0.39, 0.29) is 31.6 Å². The Labute approximate surface area is 148 Å². The van der Waals surface area contributed by atoms with Crippen LogP contribution in [0.15, 0.2) is 60.7 Å². The van der Waals surface area contributed by atoms with Gasteiger partial charge in [-0.3, -0.25) is 9.59 Å². The van der Waals surface area contributed by atoms with Crippen molar-refractivity contribution in [2.24, 2.45) is 5.92 Å². The monoisotopic (exact) mass is 340 g/mol. The first-order chi connectivity index (χ1) is 12.2. The van der Waals surface area contributed by atoms with Gasteiger partial charge in [0.25, 0.3) is 0 Å². The molecule has 0 saturated heterocycles. The molecule has 0 aliphatic heterocycles. The Kier molecular flexibility index (Phi) is 7.70. The minimum Gasteiger partial charge on any atom is -0.461 e. The Hall–Kier alpha value is -2.62. The van der Waals surface area contributed by atoms with Crippen molar-refractivity contribution in [2.75, 3.05) is 0 Å². The fourth-order valence-electron chi connectivity index (χ4n) is 2.50. The standard InChI is InChI=1S/C21H24O4/c1-2-9-19(21(23)25-16-18-12-7-4-8-13-18)14-20(22)24-15-17-10-5-3-6-11-17/h3-8,10-13,19H,2,9,14-16H2,1H3. The van der Waals surface area contributed by atoms with Gasteiger partial charge in [0.05, 0.1) is 12.3 Å². The maximum atomic E-state index is 12.3. The summed E-state index contributed by atoms with van der Waals surface area (Å²) in [6.45, 7) is 2.42. The second kappa shape index (κ2) is 10.3. The van der Waals surface area contributed by atoms with Crippen molar-refractivity contribution in [3.63, 3.8) is 0 Å². The third kappa shape index (κ3) is 6.79. The van der Waals surface area contributed by atoms with Crippen molar-refractivity contribution in [2.45, 2.75) is 39.4 Å². The van der Waals surface area contributed by atoms with Crippen LogP contribution < -0.4 is 0 Å². The van der Waals surface area contributed by atoms with Gasteiger partial charge >= 0.3 is 11.9 Å². The molecule has 25 heavy (non-hydrogen) atoms. The predicted molar refractivity (Wildman–Crippen MR) is 95.5 cm³/mol. The van der Waals surface area contributed by atoms with Crippen LogP contribution in [-0.2, 0) is 32.3 Å².